The topological polar surface area (TPSA) is 42.6 Å². The van der Waals surface area contributed by atoms with Gasteiger partial charge in [0.1, 0.15) is 17.6 Å². The SMILES string of the molecule is COc1cccc(CC(O)c2ccco2)c1. The van der Waals surface area contributed by atoms with Crippen molar-refractivity contribution >= 4 is 0 Å². The van der Waals surface area contributed by atoms with Crippen LogP contribution in [0, 0.1) is 0 Å². The van der Waals surface area contributed by atoms with Gasteiger partial charge in [-0.3, -0.25) is 0 Å². The predicted molar refractivity (Wildman–Crippen MR) is 60.4 cm³/mol. The lowest BCUT2D eigenvalue weighted by Gasteiger charge is -2.08. The Kier molecular flexibility index (Phi) is 3.27. The van der Waals surface area contributed by atoms with Gasteiger partial charge in [-0.05, 0) is 29.8 Å². The standard InChI is InChI=1S/C13H14O3/c1-15-11-5-2-4-10(8-11)9-12(14)13-6-3-7-16-13/h2-8,12,14H,9H2,1H3. The van der Waals surface area contributed by atoms with Crippen molar-refractivity contribution < 1.29 is 14.3 Å². The number of rotatable bonds is 4. The monoisotopic (exact) mass is 218 g/mol. The van der Waals surface area contributed by atoms with E-state index in [0.717, 1.165) is 11.3 Å². The lowest BCUT2D eigenvalue weighted by molar-refractivity contribution is 0.150. The zero-order valence-corrected chi connectivity index (χ0v) is 9.09. The summed E-state index contributed by atoms with van der Waals surface area (Å²) in [7, 11) is 1.63. The van der Waals surface area contributed by atoms with Crippen LogP contribution < -0.4 is 4.74 Å². The third-order valence-electron chi connectivity index (χ3n) is 2.43. The first-order valence-electron chi connectivity index (χ1n) is 5.14. The highest BCUT2D eigenvalue weighted by Crippen LogP contribution is 2.21. The molecule has 1 unspecified atom stereocenters. The van der Waals surface area contributed by atoms with Gasteiger partial charge >= 0.3 is 0 Å². The third-order valence-corrected chi connectivity index (χ3v) is 2.43. The Morgan fingerprint density at radius 2 is 2.19 bits per heavy atom. The first kappa shape index (κ1) is 10.8. The van der Waals surface area contributed by atoms with Crippen LogP contribution in [0.2, 0.25) is 0 Å². The van der Waals surface area contributed by atoms with Crippen LogP contribution in [0.25, 0.3) is 0 Å². The van der Waals surface area contributed by atoms with E-state index in [4.69, 9.17) is 9.15 Å². The molecule has 0 fully saturated rings. The van der Waals surface area contributed by atoms with Gasteiger partial charge < -0.3 is 14.3 Å². The highest BCUT2D eigenvalue weighted by atomic mass is 16.5. The molecule has 0 saturated heterocycles. The summed E-state index contributed by atoms with van der Waals surface area (Å²) in [6.07, 6.45) is 1.47. The molecule has 0 aliphatic carbocycles. The zero-order valence-electron chi connectivity index (χ0n) is 9.09. The van der Waals surface area contributed by atoms with Crippen molar-refractivity contribution in [1.82, 2.24) is 0 Å². The average molecular weight is 218 g/mol. The minimum absolute atomic E-state index is 0.519. The second-order valence-corrected chi connectivity index (χ2v) is 3.59. The lowest BCUT2D eigenvalue weighted by atomic mass is 10.1. The van der Waals surface area contributed by atoms with E-state index in [1.165, 1.54) is 0 Å². The molecule has 0 aliphatic heterocycles. The molecule has 16 heavy (non-hydrogen) atoms. The predicted octanol–water partition coefficient (Wildman–Crippen LogP) is 2.56. The van der Waals surface area contributed by atoms with Gasteiger partial charge in [0.05, 0.1) is 13.4 Å². The van der Waals surface area contributed by atoms with E-state index >= 15 is 0 Å². The van der Waals surface area contributed by atoms with E-state index in [2.05, 4.69) is 0 Å². The molecule has 0 bridgehead atoms. The van der Waals surface area contributed by atoms with E-state index in [1.807, 2.05) is 24.3 Å². The normalized spacial score (nSPS) is 12.4. The van der Waals surface area contributed by atoms with Gasteiger partial charge in [-0.2, -0.15) is 0 Å². The summed E-state index contributed by atoms with van der Waals surface area (Å²) in [5.74, 6) is 1.38. The molecular formula is C13H14O3. The number of aliphatic hydroxyl groups is 1. The van der Waals surface area contributed by atoms with Gasteiger partial charge in [0.15, 0.2) is 0 Å². The minimum atomic E-state index is -0.609. The van der Waals surface area contributed by atoms with Gasteiger partial charge in [-0.1, -0.05) is 12.1 Å². The zero-order chi connectivity index (χ0) is 11.4. The number of hydrogen-bond donors (Lipinski definition) is 1. The van der Waals surface area contributed by atoms with Crippen molar-refractivity contribution in [2.24, 2.45) is 0 Å². The Balaban J connectivity index is 2.08. The maximum absolute atomic E-state index is 9.89. The van der Waals surface area contributed by atoms with Crippen molar-refractivity contribution in [3.63, 3.8) is 0 Å². The highest BCUT2D eigenvalue weighted by Gasteiger charge is 2.11. The first-order valence-corrected chi connectivity index (χ1v) is 5.14. The largest absolute Gasteiger partial charge is 0.497 e. The second-order valence-electron chi connectivity index (χ2n) is 3.59. The lowest BCUT2D eigenvalue weighted by Crippen LogP contribution is -2.00. The summed E-state index contributed by atoms with van der Waals surface area (Å²) < 4.78 is 10.3. The Morgan fingerprint density at radius 3 is 2.88 bits per heavy atom. The number of furan rings is 1. The summed E-state index contributed by atoms with van der Waals surface area (Å²) in [5, 5.41) is 9.89. The van der Waals surface area contributed by atoms with E-state index < -0.39 is 6.10 Å². The fraction of sp³-hybridized carbons (Fsp3) is 0.231. The van der Waals surface area contributed by atoms with Gasteiger partial charge in [0.2, 0.25) is 0 Å². The van der Waals surface area contributed by atoms with Crippen molar-refractivity contribution in [3.05, 3.63) is 54.0 Å². The van der Waals surface area contributed by atoms with E-state index in [-0.39, 0.29) is 0 Å². The molecule has 2 aromatic rings. The number of methoxy groups -OCH3 is 1. The molecule has 1 N–H and O–H groups in total. The fourth-order valence-corrected chi connectivity index (χ4v) is 1.60. The quantitative estimate of drug-likeness (QED) is 0.857. The smallest absolute Gasteiger partial charge is 0.132 e. The van der Waals surface area contributed by atoms with Crippen LogP contribution in [0.3, 0.4) is 0 Å². The highest BCUT2D eigenvalue weighted by molar-refractivity contribution is 5.29. The Hall–Kier alpha value is -1.74. The Morgan fingerprint density at radius 1 is 1.31 bits per heavy atom. The van der Waals surface area contributed by atoms with Crippen LogP contribution in [0.4, 0.5) is 0 Å². The summed E-state index contributed by atoms with van der Waals surface area (Å²) >= 11 is 0. The minimum Gasteiger partial charge on any atom is -0.497 e. The van der Waals surface area contributed by atoms with Gasteiger partial charge in [-0.25, -0.2) is 0 Å². The molecule has 1 heterocycles. The molecule has 84 valence electrons. The molecule has 0 saturated carbocycles. The van der Waals surface area contributed by atoms with Gasteiger partial charge in [0.25, 0.3) is 0 Å². The molecule has 0 radical (unpaired) electrons. The van der Waals surface area contributed by atoms with Crippen molar-refractivity contribution in [2.75, 3.05) is 7.11 Å². The van der Waals surface area contributed by atoms with Crippen LogP contribution in [0.5, 0.6) is 5.75 Å². The van der Waals surface area contributed by atoms with Gasteiger partial charge in [-0.15, -0.1) is 0 Å². The van der Waals surface area contributed by atoms with Crippen molar-refractivity contribution in [2.45, 2.75) is 12.5 Å². The van der Waals surface area contributed by atoms with Crippen molar-refractivity contribution in [1.29, 1.82) is 0 Å². The van der Waals surface area contributed by atoms with E-state index in [9.17, 15) is 5.11 Å². The maximum Gasteiger partial charge on any atom is 0.132 e. The first-order chi connectivity index (χ1) is 7.79. The van der Waals surface area contributed by atoms with Gasteiger partial charge in [0, 0.05) is 6.42 Å². The van der Waals surface area contributed by atoms with E-state index in [0.29, 0.717) is 12.2 Å². The Labute approximate surface area is 94.3 Å². The third kappa shape index (κ3) is 2.44. The molecule has 0 aliphatic rings. The second kappa shape index (κ2) is 4.86. The molecule has 1 aromatic heterocycles. The number of benzene rings is 1. The Bertz CT molecular complexity index is 434. The molecular weight excluding hydrogens is 204 g/mol. The van der Waals surface area contributed by atoms with Crippen LogP contribution in [-0.4, -0.2) is 12.2 Å². The number of hydrogen-bond acceptors (Lipinski definition) is 3. The van der Waals surface area contributed by atoms with E-state index in [1.54, 1.807) is 25.5 Å². The molecule has 1 atom stereocenters. The number of aliphatic hydroxyl groups excluding tert-OH is 1. The van der Waals surface area contributed by atoms with Crippen LogP contribution in [0.15, 0.2) is 47.1 Å². The van der Waals surface area contributed by atoms with Crippen LogP contribution >= 0.6 is 0 Å². The molecule has 0 spiro atoms. The van der Waals surface area contributed by atoms with Crippen LogP contribution in [-0.2, 0) is 6.42 Å². The molecule has 0 amide bonds. The molecule has 3 nitrogen and oxygen atoms in total. The average Bonchev–Trinajstić information content (AvgIpc) is 2.83. The fourth-order valence-electron chi connectivity index (χ4n) is 1.60. The maximum atomic E-state index is 9.89. The summed E-state index contributed by atoms with van der Waals surface area (Å²) in [4.78, 5) is 0. The van der Waals surface area contributed by atoms with Crippen molar-refractivity contribution in [3.8, 4) is 5.75 Å². The molecule has 3 heteroatoms. The molecule has 1 aromatic carbocycles. The molecule has 2 rings (SSSR count). The summed E-state index contributed by atoms with van der Waals surface area (Å²) in [5.41, 5.74) is 1.02. The number of ether oxygens (including phenoxy) is 1. The summed E-state index contributed by atoms with van der Waals surface area (Å²) in [6, 6.07) is 11.2. The van der Waals surface area contributed by atoms with Crippen LogP contribution in [0.1, 0.15) is 17.4 Å². The summed E-state index contributed by atoms with van der Waals surface area (Å²) in [6.45, 7) is 0.